The summed E-state index contributed by atoms with van der Waals surface area (Å²) in [6, 6.07) is 15.0. The standard InChI is InChI=1S/C26H22FN5O3S/c1-15-23(26(35)32(30(15)3)19-7-5-4-6-8-19)29-20(33)13-31-14-28-24-22(25(31)34)21(16(2)36-24)17-9-11-18(27)12-10-17/h4-12,14H,13H2,1-3H3,(H,29,33). The van der Waals surface area contributed by atoms with E-state index in [0.717, 1.165) is 4.88 Å². The Morgan fingerprint density at radius 3 is 2.42 bits per heavy atom. The third-order valence-electron chi connectivity index (χ3n) is 6.12. The molecule has 3 aromatic heterocycles. The van der Waals surface area contributed by atoms with E-state index in [1.165, 1.54) is 39.0 Å². The average molecular weight is 504 g/mol. The number of fused-ring (bicyclic) bond motifs is 1. The number of thiophene rings is 1. The predicted molar refractivity (Wildman–Crippen MR) is 138 cm³/mol. The van der Waals surface area contributed by atoms with Gasteiger partial charge in [-0.3, -0.25) is 23.6 Å². The Kier molecular flexibility index (Phi) is 5.89. The second-order valence-corrected chi connectivity index (χ2v) is 9.59. The van der Waals surface area contributed by atoms with Crippen LogP contribution in [-0.4, -0.2) is 24.8 Å². The van der Waals surface area contributed by atoms with Crippen LogP contribution >= 0.6 is 11.3 Å². The summed E-state index contributed by atoms with van der Waals surface area (Å²) in [5, 5.41) is 3.05. The number of benzene rings is 2. The number of amides is 1. The number of rotatable bonds is 5. The van der Waals surface area contributed by atoms with Crippen molar-refractivity contribution >= 4 is 33.1 Å². The van der Waals surface area contributed by atoms with Crippen LogP contribution in [0.25, 0.3) is 27.0 Å². The molecule has 0 radical (unpaired) electrons. The van der Waals surface area contributed by atoms with E-state index in [4.69, 9.17) is 0 Å². The number of anilines is 1. The third kappa shape index (κ3) is 3.95. The Balaban J connectivity index is 1.48. The van der Waals surface area contributed by atoms with Crippen LogP contribution in [0.2, 0.25) is 0 Å². The van der Waals surface area contributed by atoms with Crippen molar-refractivity contribution in [2.45, 2.75) is 20.4 Å². The summed E-state index contributed by atoms with van der Waals surface area (Å²) in [7, 11) is 1.73. The van der Waals surface area contributed by atoms with Crippen LogP contribution in [-0.2, 0) is 18.4 Å². The molecule has 0 saturated carbocycles. The van der Waals surface area contributed by atoms with Gasteiger partial charge in [0.15, 0.2) is 0 Å². The van der Waals surface area contributed by atoms with Crippen LogP contribution in [0.1, 0.15) is 10.6 Å². The predicted octanol–water partition coefficient (Wildman–Crippen LogP) is 4.01. The number of hydrogen-bond acceptors (Lipinski definition) is 5. The van der Waals surface area contributed by atoms with Gasteiger partial charge >= 0.3 is 0 Å². The topological polar surface area (TPSA) is 90.9 Å². The Morgan fingerprint density at radius 2 is 1.72 bits per heavy atom. The summed E-state index contributed by atoms with van der Waals surface area (Å²) in [6.07, 6.45) is 1.33. The molecule has 0 fully saturated rings. The fourth-order valence-corrected chi connectivity index (χ4v) is 5.26. The lowest BCUT2D eigenvalue weighted by Gasteiger charge is -2.08. The van der Waals surface area contributed by atoms with E-state index in [0.29, 0.717) is 32.7 Å². The normalized spacial score (nSPS) is 11.2. The van der Waals surface area contributed by atoms with Crippen molar-refractivity contribution in [3.63, 3.8) is 0 Å². The van der Waals surface area contributed by atoms with Gasteiger partial charge in [0, 0.05) is 17.5 Å². The molecule has 3 heterocycles. The fourth-order valence-electron chi connectivity index (χ4n) is 4.26. The Labute approximate surface area is 208 Å². The smallest absolute Gasteiger partial charge is 0.295 e. The number of nitrogens with zero attached hydrogens (tertiary/aromatic N) is 4. The second-order valence-electron chi connectivity index (χ2n) is 8.38. The lowest BCUT2D eigenvalue weighted by Crippen LogP contribution is -2.29. The van der Waals surface area contributed by atoms with Crippen molar-refractivity contribution in [3.05, 3.63) is 98.0 Å². The van der Waals surface area contributed by atoms with Crippen molar-refractivity contribution in [2.75, 3.05) is 5.32 Å². The summed E-state index contributed by atoms with van der Waals surface area (Å²) in [5.74, 6) is -0.898. The number of halogens is 1. The second kappa shape index (κ2) is 9.04. The van der Waals surface area contributed by atoms with Crippen LogP contribution in [0.5, 0.6) is 0 Å². The van der Waals surface area contributed by atoms with Gasteiger partial charge in [-0.2, -0.15) is 0 Å². The maximum absolute atomic E-state index is 13.4. The SMILES string of the molecule is Cc1sc2ncn(CC(=O)Nc3c(C)n(C)n(-c4ccccc4)c3=O)c(=O)c2c1-c1ccc(F)cc1. The minimum absolute atomic E-state index is 0.145. The van der Waals surface area contributed by atoms with E-state index >= 15 is 0 Å². The molecule has 0 aliphatic rings. The first-order valence-corrected chi connectivity index (χ1v) is 12.0. The van der Waals surface area contributed by atoms with Crippen molar-refractivity contribution < 1.29 is 9.18 Å². The van der Waals surface area contributed by atoms with Crippen LogP contribution in [0.15, 0.2) is 70.5 Å². The number of aromatic nitrogens is 4. The zero-order valence-electron chi connectivity index (χ0n) is 19.8. The van der Waals surface area contributed by atoms with Gasteiger partial charge in [0.05, 0.1) is 23.1 Å². The first kappa shape index (κ1) is 23.4. The number of carbonyl (C=O) groups excluding carboxylic acids is 1. The van der Waals surface area contributed by atoms with Gasteiger partial charge in [-0.05, 0) is 43.7 Å². The molecule has 1 N–H and O–H groups in total. The molecule has 0 bridgehead atoms. The van der Waals surface area contributed by atoms with Crippen molar-refractivity contribution in [2.24, 2.45) is 7.05 Å². The molecule has 0 unspecified atom stereocenters. The quantitative estimate of drug-likeness (QED) is 0.392. The molecule has 8 nitrogen and oxygen atoms in total. The lowest BCUT2D eigenvalue weighted by molar-refractivity contribution is -0.116. The molecule has 10 heteroatoms. The van der Waals surface area contributed by atoms with Gasteiger partial charge < -0.3 is 5.32 Å². The maximum Gasteiger partial charge on any atom is 0.295 e. The number of para-hydroxylation sites is 1. The first-order valence-electron chi connectivity index (χ1n) is 11.1. The molecule has 0 aliphatic heterocycles. The molecular weight excluding hydrogens is 481 g/mol. The number of nitrogens with one attached hydrogen (secondary N) is 1. The van der Waals surface area contributed by atoms with Crippen molar-refractivity contribution in [3.8, 4) is 16.8 Å². The van der Waals surface area contributed by atoms with Gasteiger partial charge in [-0.1, -0.05) is 30.3 Å². The fraction of sp³-hybridized carbons (Fsp3) is 0.154. The molecule has 0 aliphatic carbocycles. The highest BCUT2D eigenvalue weighted by atomic mass is 32.1. The van der Waals surface area contributed by atoms with E-state index in [1.54, 1.807) is 42.9 Å². The molecular formula is C26H22FN5O3S. The van der Waals surface area contributed by atoms with Crippen LogP contribution in [0.4, 0.5) is 10.1 Å². The van der Waals surface area contributed by atoms with E-state index in [9.17, 15) is 18.8 Å². The molecule has 5 rings (SSSR count). The number of hydrogen-bond donors (Lipinski definition) is 1. The van der Waals surface area contributed by atoms with Crippen LogP contribution in [0, 0.1) is 19.7 Å². The minimum Gasteiger partial charge on any atom is -0.318 e. The molecule has 0 spiro atoms. The van der Waals surface area contributed by atoms with E-state index in [-0.39, 0.29) is 29.2 Å². The Hall–Kier alpha value is -4.31. The van der Waals surface area contributed by atoms with E-state index in [2.05, 4.69) is 10.3 Å². The summed E-state index contributed by atoms with van der Waals surface area (Å²) in [5.41, 5.74) is 2.00. The molecule has 5 aromatic rings. The average Bonchev–Trinajstić information content (AvgIpc) is 3.31. The molecule has 36 heavy (non-hydrogen) atoms. The highest BCUT2D eigenvalue weighted by Gasteiger charge is 2.20. The third-order valence-corrected chi connectivity index (χ3v) is 7.13. The number of aryl methyl sites for hydroxylation is 1. The highest BCUT2D eigenvalue weighted by Crippen LogP contribution is 2.35. The molecule has 0 saturated heterocycles. The minimum atomic E-state index is -0.528. The van der Waals surface area contributed by atoms with Crippen molar-refractivity contribution in [1.82, 2.24) is 18.9 Å². The Morgan fingerprint density at radius 1 is 1.03 bits per heavy atom. The Bertz CT molecular complexity index is 1730. The van der Waals surface area contributed by atoms with Gasteiger partial charge in [0.2, 0.25) is 5.91 Å². The van der Waals surface area contributed by atoms with Gasteiger partial charge in [-0.25, -0.2) is 14.1 Å². The van der Waals surface area contributed by atoms with E-state index in [1.807, 2.05) is 25.1 Å². The zero-order valence-corrected chi connectivity index (χ0v) is 20.6. The van der Waals surface area contributed by atoms with E-state index < -0.39 is 5.91 Å². The van der Waals surface area contributed by atoms with Crippen LogP contribution < -0.4 is 16.4 Å². The van der Waals surface area contributed by atoms with Gasteiger partial charge in [0.25, 0.3) is 11.1 Å². The number of carbonyl (C=O) groups is 1. The summed E-state index contributed by atoms with van der Waals surface area (Å²) in [6.45, 7) is 3.29. The van der Waals surface area contributed by atoms with Crippen molar-refractivity contribution in [1.29, 1.82) is 0 Å². The molecule has 1 amide bonds. The maximum atomic E-state index is 13.4. The van der Waals surface area contributed by atoms with Gasteiger partial charge in [-0.15, -0.1) is 11.3 Å². The summed E-state index contributed by atoms with van der Waals surface area (Å²) in [4.78, 5) is 45.2. The first-order chi connectivity index (χ1) is 17.3. The summed E-state index contributed by atoms with van der Waals surface area (Å²) < 4.78 is 17.8. The largest absolute Gasteiger partial charge is 0.318 e. The molecule has 2 aromatic carbocycles. The zero-order chi connectivity index (χ0) is 25.6. The van der Waals surface area contributed by atoms with Crippen LogP contribution in [0.3, 0.4) is 0 Å². The lowest BCUT2D eigenvalue weighted by atomic mass is 10.0. The molecule has 182 valence electrons. The van der Waals surface area contributed by atoms with Gasteiger partial charge in [0.1, 0.15) is 22.9 Å². The monoisotopic (exact) mass is 503 g/mol. The summed E-state index contributed by atoms with van der Waals surface area (Å²) >= 11 is 1.36. The highest BCUT2D eigenvalue weighted by molar-refractivity contribution is 7.19. The molecule has 0 atom stereocenters.